The van der Waals surface area contributed by atoms with E-state index in [1.807, 2.05) is 36.4 Å². The largest absolute Gasteiger partial charge is 0.564 e. The molecule has 0 amide bonds. The van der Waals surface area contributed by atoms with Crippen LogP contribution in [0.3, 0.4) is 0 Å². The fourth-order valence-corrected chi connectivity index (χ4v) is 4.77. The van der Waals surface area contributed by atoms with E-state index >= 15 is 0 Å². The van der Waals surface area contributed by atoms with Crippen LogP contribution in [0.15, 0.2) is 65.4 Å². The molecule has 2 aromatic carbocycles. The molecular weight excluding hydrogens is 395 g/mol. The van der Waals surface area contributed by atoms with Gasteiger partial charge in [-0.25, -0.2) is 4.57 Å². The standard InChI is InChI=1S/C24H35N2O3P/c1-6-7-10-19-24(26(20(2)3)21(4)5)25-30(27,28-22-15-11-8-12-16-22)29-23-17-13-9-14-18-23/h8-9,11-18,20-21H,6-7,10,19H2,1-5H3. The van der Waals surface area contributed by atoms with Gasteiger partial charge in [-0.2, -0.15) is 0 Å². The molecular formula is C24H35N2O3P. The Kier molecular flexibility index (Phi) is 9.45. The van der Waals surface area contributed by atoms with Crippen molar-refractivity contribution >= 4 is 13.6 Å². The average Bonchev–Trinajstić information content (AvgIpc) is 2.68. The molecule has 0 N–H and O–H groups in total. The molecule has 0 bridgehead atoms. The summed E-state index contributed by atoms with van der Waals surface area (Å²) in [4.78, 5) is 2.20. The van der Waals surface area contributed by atoms with Crippen molar-refractivity contribution in [3.63, 3.8) is 0 Å². The van der Waals surface area contributed by atoms with E-state index < -0.39 is 7.75 Å². The van der Waals surface area contributed by atoms with Gasteiger partial charge in [0.15, 0.2) is 0 Å². The van der Waals surface area contributed by atoms with Gasteiger partial charge in [0.1, 0.15) is 17.3 Å². The van der Waals surface area contributed by atoms with Crippen molar-refractivity contribution in [3.8, 4) is 11.5 Å². The molecule has 30 heavy (non-hydrogen) atoms. The van der Waals surface area contributed by atoms with Gasteiger partial charge in [0, 0.05) is 18.5 Å². The van der Waals surface area contributed by atoms with Gasteiger partial charge in [-0.05, 0) is 58.4 Å². The number of hydrogen-bond acceptors (Lipinski definition) is 3. The Bertz CT molecular complexity index is 769. The van der Waals surface area contributed by atoms with Crippen LogP contribution < -0.4 is 9.05 Å². The quantitative estimate of drug-likeness (QED) is 0.162. The topological polar surface area (TPSA) is 51.1 Å². The van der Waals surface area contributed by atoms with Gasteiger partial charge in [-0.15, -0.1) is 4.76 Å². The predicted octanol–water partition coefficient (Wildman–Crippen LogP) is 7.35. The highest BCUT2D eigenvalue weighted by Gasteiger charge is 2.31. The second-order valence-electron chi connectivity index (χ2n) is 7.85. The SMILES string of the molecule is CCCCCC(=NP(=O)(Oc1ccccc1)Oc1ccccc1)N(C(C)C)C(C)C. The second-order valence-corrected chi connectivity index (χ2v) is 9.35. The average molecular weight is 431 g/mol. The summed E-state index contributed by atoms with van der Waals surface area (Å²) in [7, 11) is -3.85. The molecule has 5 nitrogen and oxygen atoms in total. The monoisotopic (exact) mass is 430 g/mol. The molecule has 164 valence electrons. The number of nitrogens with zero attached hydrogens (tertiary/aromatic N) is 2. The van der Waals surface area contributed by atoms with Gasteiger partial charge >= 0.3 is 7.75 Å². The molecule has 0 aliphatic rings. The van der Waals surface area contributed by atoms with Crippen LogP contribution in [0.4, 0.5) is 0 Å². The summed E-state index contributed by atoms with van der Waals surface area (Å²) in [5.74, 6) is 1.70. The van der Waals surface area contributed by atoms with Crippen LogP contribution in [-0.2, 0) is 4.57 Å². The van der Waals surface area contributed by atoms with Crippen LogP contribution in [0.1, 0.15) is 60.3 Å². The van der Waals surface area contributed by atoms with Gasteiger partial charge in [0.25, 0.3) is 0 Å². The number of benzene rings is 2. The lowest BCUT2D eigenvalue weighted by atomic mass is 10.1. The smallest absolute Gasteiger partial charge is 0.399 e. The van der Waals surface area contributed by atoms with Crippen LogP contribution in [0, 0.1) is 0 Å². The molecule has 6 heteroatoms. The summed E-state index contributed by atoms with van der Waals surface area (Å²) in [6.07, 6.45) is 3.90. The summed E-state index contributed by atoms with van der Waals surface area (Å²) in [5, 5.41) is 0. The van der Waals surface area contributed by atoms with E-state index in [1.165, 1.54) is 0 Å². The highest BCUT2D eigenvalue weighted by molar-refractivity contribution is 7.53. The minimum absolute atomic E-state index is 0.215. The first-order valence-corrected chi connectivity index (χ1v) is 12.3. The molecule has 0 unspecified atom stereocenters. The highest BCUT2D eigenvalue weighted by Crippen LogP contribution is 2.50. The maximum Gasteiger partial charge on any atom is 0.564 e. The van der Waals surface area contributed by atoms with E-state index in [4.69, 9.17) is 9.05 Å². The van der Waals surface area contributed by atoms with E-state index in [9.17, 15) is 4.57 Å². The lowest BCUT2D eigenvalue weighted by Crippen LogP contribution is -2.42. The van der Waals surface area contributed by atoms with Crippen LogP contribution in [0.25, 0.3) is 0 Å². The zero-order chi connectivity index (χ0) is 22.0. The first kappa shape index (κ1) is 24.0. The first-order chi connectivity index (χ1) is 14.3. The van der Waals surface area contributed by atoms with E-state index in [2.05, 4.69) is 44.3 Å². The predicted molar refractivity (Wildman–Crippen MR) is 125 cm³/mol. The van der Waals surface area contributed by atoms with Crippen LogP contribution in [0.5, 0.6) is 11.5 Å². The fourth-order valence-electron chi connectivity index (χ4n) is 3.39. The third-order valence-electron chi connectivity index (χ3n) is 4.58. The van der Waals surface area contributed by atoms with Crippen molar-refractivity contribution in [2.75, 3.05) is 0 Å². The Morgan fingerprint density at radius 2 is 1.33 bits per heavy atom. The maximum absolute atomic E-state index is 13.9. The molecule has 0 heterocycles. The summed E-state index contributed by atoms with van der Waals surface area (Å²) in [6, 6.07) is 18.6. The molecule has 0 aliphatic heterocycles. The van der Waals surface area contributed by atoms with Crippen molar-refractivity contribution in [1.29, 1.82) is 0 Å². The van der Waals surface area contributed by atoms with Crippen molar-refractivity contribution < 1.29 is 13.6 Å². The molecule has 0 saturated carbocycles. The van der Waals surface area contributed by atoms with E-state index in [-0.39, 0.29) is 12.1 Å². The van der Waals surface area contributed by atoms with Crippen molar-refractivity contribution in [2.45, 2.75) is 72.4 Å². The Morgan fingerprint density at radius 3 is 1.73 bits per heavy atom. The third-order valence-corrected chi connectivity index (χ3v) is 5.94. The van der Waals surface area contributed by atoms with Crippen LogP contribution >= 0.6 is 7.75 Å². The van der Waals surface area contributed by atoms with E-state index in [1.54, 1.807) is 24.3 Å². The lowest BCUT2D eigenvalue weighted by Gasteiger charge is -2.34. The van der Waals surface area contributed by atoms with Crippen LogP contribution in [0.2, 0.25) is 0 Å². The molecule has 0 saturated heterocycles. The Morgan fingerprint density at radius 1 is 0.867 bits per heavy atom. The Labute approximate surface area is 181 Å². The molecule has 0 aromatic heterocycles. The van der Waals surface area contributed by atoms with Crippen molar-refractivity contribution in [1.82, 2.24) is 4.90 Å². The molecule has 0 radical (unpaired) electrons. The Hall–Kier alpha value is -2.26. The normalized spacial score (nSPS) is 12.3. The zero-order valence-electron chi connectivity index (χ0n) is 18.8. The maximum atomic E-state index is 13.9. The molecule has 2 rings (SSSR count). The Balaban J connectivity index is 2.47. The van der Waals surface area contributed by atoms with Gasteiger partial charge < -0.3 is 13.9 Å². The van der Waals surface area contributed by atoms with E-state index in [0.717, 1.165) is 31.5 Å². The summed E-state index contributed by atoms with van der Waals surface area (Å²) < 4.78 is 30.3. The summed E-state index contributed by atoms with van der Waals surface area (Å²) in [5.41, 5.74) is 0. The number of para-hydroxylation sites is 2. The molecule has 0 aliphatic carbocycles. The first-order valence-electron chi connectivity index (χ1n) is 10.8. The lowest BCUT2D eigenvalue weighted by molar-refractivity contribution is 0.284. The minimum Gasteiger partial charge on any atom is -0.399 e. The van der Waals surface area contributed by atoms with Gasteiger partial charge in [0.05, 0.1) is 0 Å². The fraction of sp³-hybridized carbons (Fsp3) is 0.458. The highest BCUT2D eigenvalue weighted by atomic mass is 31.2. The van der Waals surface area contributed by atoms with Crippen molar-refractivity contribution in [3.05, 3.63) is 60.7 Å². The summed E-state index contributed by atoms with van der Waals surface area (Å²) >= 11 is 0. The zero-order valence-corrected chi connectivity index (χ0v) is 19.7. The van der Waals surface area contributed by atoms with E-state index in [0.29, 0.717) is 11.5 Å². The number of hydrogen-bond donors (Lipinski definition) is 0. The minimum atomic E-state index is -3.85. The summed E-state index contributed by atoms with van der Waals surface area (Å²) in [6.45, 7) is 10.7. The van der Waals surface area contributed by atoms with Crippen LogP contribution in [-0.4, -0.2) is 22.8 Å². The number of amidine groups is 1. The van der Waals surface area contributed by atoms with Gasteiger partial charge in [-0.3, -0.25) is 0 Å². The van der Waals surface area contributed by atoms with Crippen molar-refractivity contribution in [2.24, 2.45) is 4.76 Å². The van der Waals surface area contributed by atoms with Gasteiger partial charge in [0.2, 0.25) is 0 Å². The molecule has 0 spiro atoms. The second kappa shape index (κ2) is 11.8. The molecule has 2 aromatic rings. The number of rotatable bonds is 11. The molecule has 0 fully saturated rings. The van der Waals surface area contributed by atoms with Gasteiger partial charge in [-0.1, -0.05) is 56.2 Å². The third kappa shape index (κ3) is 7.53. The number of unbranched alkanes of at least 4 members (excludes halogenated alkanes) is 2. The molecule has 0 atom stereocenters.